The van der Waals surface area contributed by atoms with Crippen molar-refractivity contribution in [3.8, 4) is 23.3 Å². The van der Waals surface area contributed by atoms with Crippen LogP contribution in [0.3, 0.4) is 0 Å². The second-order valence-corrected chi connectivity index (χ2v) is 8.35. The Morgan fingerprint density at radius 1 is 0.583 bits per heavy atom. The molecule has 0 fully saturated rings. The minimum Gasteiger partial charge on any atom is -0.322 e. The Labute approximate surface area is 209 Å². The maximum Gasteiger partial charge on any atom is 0.255 e. The summed E-state index contributed by atoms with van der Waals surface area (Å²) in [7, 11) is 0. The lowest BCUT2D eigenvalue weighted by Crippen LogP contribution is -2.12. The van der Waals surface area contributed by atoms with Crippen molar-refractivity contribution in [1.82, 2.24) is 0 Å². The van der Waals surface area contributed by atoms with E-state index in [0.29, 0.717) is 33.6 Å². The average molecular weight is 471 g/mol. The summed E-state index contributed by atoms with van der Waals surface area (Å²) in [6.07, 6.45) is 0. The summed E-state index contributed by atoms with van der Waals surface area (Å²) in [5.41, 5.74) is 7.33. The van der Waals surface area contributed by atoms with Gasteiger partial charge in [-0.25, -0.2) is 0 Å². The smallest absolute Gasteiger partial charge is 0.255 e. The Balaban J connectivity index is 1.48. The zero-order valence-corrected chi connectivity index (χ0v) is 19.8. The van der Waals surface area contributed by atoms with Gasteiger partial charge in [-0.05, 0) is 109 Å². The topological polar surface area (TPSA) is 106 Å². The third kappa shape index (κ3) is 5.30. The van der Waals surface area contributed by atoms with E-state index in [2.05, 4.69) is 10.6 Å². The molecule has 6 heteroatoms. The minimum atomic E-state index is -0.245. The van der Waals surface area contributed by atoms with Crippen molar-refractivity contribution >= 4 is 23.2 Å². The molecule has 174 valence electrons. The SMILES string of the molecule is Cc1cc(NC(=O)c2ccc(C#N)cc2)ccc1-c1ccc(NC(=O)c2ccc(C#N)cc2)cc1C. The van der Waals surface area contributed by atoms with Gasteiger partial charge in [0.2, 0.25) is 0 Å². The fourth-order valence-electron chi connectivity index (χ4n) is 3.89. The van der Waals surface area contributed by atoms with Crippen LogP contribution in [0.4, 0.5) is 11.4 Å². The van der Waals surface area contributed by atoms with Crippen molar-refractivity contribution in [1.29, 1.82) is 10.5 Å². The van der Waals surface area contributed by atoms with Crippen LogP contribution in [0.15, 0.2) is 84.9 Å². The third-order valence-electron chi connectivity index (χ3n) is 5.81. The summed E-state index contributed by atoms with van der Waals surface area (Å²) in [6.45, 7) is 3.96. The molecular weight excluding hydrogens is 448 g/mol. The number of hydrogen-bond acceptors (Lipinski definition) is 4. The number of carbonyl (C=O) groups excluding carboxylic acids is 2. The van der Waals surface area contributed by atoms with Gasteiger partial charge in [-0.15, -0.1) is 0 Å². The van der Waals surface area contributed by atoms with Crippen LogP contribution in [0.1, 0.15) is 43.0 Å². The zero-order chi connectivity index (χ0) is 25.7. The molecule has 36 heavy (non-hydrogen) atoms. The molecule has 0 aliphatic carbocycles. The lowest BCUT2D eigenvalue weighted by Gasteiger charge is -2.14. The molecule has 0 bridgehead atoms. The number of hydrogen-bond donors (Lipinski definition) is 2. The van der Waals surface area contributed by atoms with Gasteiger partial charge in [0.25, 0.3) is 11.8 Å². The molecule has 6 nitrogen and oxygen atoms in total. The van der Waals surface area contributed by atoms with Crippen molar-refractivity contribution in [2.45, 2.75) is 13.8 Å². The minimum absolute atomic E-state index is 0.245. The fourth-order valence-corrected chi connectivity index (χ4v) is 3.89. The number of carbonyl (C=O) groups is 2. The monoisotopic (exact) mass is 470 g/mol. The van der Waals surface area contributed by atoms with Gasteiger partial charge in [-0.3, -0.25) is 9.59 Å². The molecular formula is C30H22N4O2. The largest absolute Gasteiger partial charge is 0.322 e. The highest BCUT2D eigenvalue weighted by Crippen LogP contribution is 2.30. The molecule has 0 unspecified atom stereocenters. The predicted octanol–water partition coefficient (Wildman–Crippen LogP) is 6.22. The fraction of sp³-hybridized carbons (Fsp3) is 0.0667. The van der Waals surface area contributed by atoms with Crippen LogP contribution in [0, 0.1) is 36.5 Å². The average Bonchev–Trinajstić information content (AvgIpc) is 2.89. The molecule has 0 saturated carbocycles. The highest BCUT2D eigenvalue weighted by molar-refractivity contribution is 6.05. The van der Waals surface area contributed by atoms with Gasteiger partial charge < -0.3 is 10.6 Å². The first-order valence-electron chi connectivity index (χ1n) is 11.2. The van der Waals surface area contributed by atoms with Gasteiger partial charge in [-0.1, -0.05) is 12.1 Å². The van der Waals surface area contributed by atoms with Gasteiger partial charge in [0.1, 0.15) is 0 Å². The van der Waals surface area contributed by atoms with Crippen LogP contribution in [-0.2, 0) is 0 Å². The summed E-state index contributed by atoms with van der Waals surface area (Å²) in [5, 5.41) is 23.6. The molecule has 0 spiro atoms. The summed E-state index contributed by atoms with van der Waals surface area (Å²) in [5.74, 6) is -0.490. The van der Waals surface area contributed by atoms with Crippen molar-refractivity contribution in [3.05, 3.63) is 118 Å². The molecule has 0 heterocycles. The van der Waals surface area contributed by atoms with Gasteiger partial charge >= 0.3 is 0 Å². The van der Waals surface area contributed by atoms with Crippen molar-refractivity contribution in [2.75, 3.05) is 10.6 Å². The van der Waals surface area contributed by atoms with E-state index in [-0.39, 0.29) is 11.8 Å². The van der Waals surface area contributed by atoms with E-state index in [4.69, 9.17) is 10.5 Å². The second kappa shape index (κ2) is 10.4. The third-order valence-corrected chi connectivity index (χ3v) is 5.81. The zero-order valence-electron chi connectivity index (χ0n) is 19.8. The molecule has 0 saturated heterocycles. The first-order chi connectivity index (χ1) is 17.4. The van der Waals surface area contributed by atoms with Crippen molar-refractivity contribution < 1.29 is 9.59 Å². The quantitative estimate of drug-likeness (QED) is 0.361. The Bertz CT molecular complexity index is 1420. The standard InChI is InChI=1S/C30H22N4O2/c1-19-15-25(33-29(35)23-7-3-21(17-31)4-8-23)11-13-27(19)28-14-12-26(16-20(28)2)34-30(36)24-9-5-22(18-32)6-10-24/h3-16H,1-2H3,(H,33,35)(H,34,36). The molecule has 4 aromatic carbocycles. The van der Waals surface area contributed by atoms with Crippen LogP contribution in [0.2, 0.25) is 0 Å². The number of rotatable bonds is 5. The van der Waals surface area contributed by atoms with Crippen LogP contribution in [-0.4, -0.2) is 11.8 Å². The molecule has 0 aliphatic heterocycles. The van der Waals surface area contributed by atoms with E-state index in [1.807, 2.05) is 62.4 Å². The number of nitrogens with zero attached hydrogens (tertiary/aromatic N) is 2. The maximum atomic E-state index is 12.6. The molecule has 2 amide bonds. The lowest BCUT2D eigenvalue weighted by molar-refractivity contribution is 0.101. The first-order valence-corrected chi connectivity index (χ1v) is 11.2. The molecule has 2 N–H and O–H groups in total. The Kier molecular flexibility index (Phi) is 6.90. The maximum absolute atomic E-state index is 12.6. The summed E-state index contributed by atoms with van der Waals surface area (Å²) < 4.78 is 0. The summed E-state index contributed by atoms with van der Waals surface area (Å²) >= 11 is 0. The van der Waals surface area contributed by atoms with Gasteiger partial charge in [-0.2, -0.15) is 10.5 Å². The summed E-state index contributed by atoms with van der Waals surface area (Å²) in [4.78, 5) is 25.1. The number of anilines is 2. The number of benzene rings is 4. The molecule has 4 rings (SSSR count). The molecule has 0 aromatic heterocycles. The van der Waals surface area contributed by atoms with E-state index < -0.39 is 0 Å². The van der Waals surface area contributed by atoms with E-state index in [9.17, 15) is 9.59 Å². The number of aryl methyl sites for hydroxylation is 2. The van der Waals surface area contributed by atoms with Gasteiger partial charge in [0, 0.05) is 22.5 Å². The predicted molar refractivity (Wildman–Crippen MR) is 140 cm³/mol. The number of nitriles is 2. The Morgan fingerprint density at radius 2 is 0.944 bits per heavy atom. The number of nitrogens with one attached hydrogen (secondary N) is 2. The molecule has 0 aliphatic rings. The van der Waals surface area contributed by atoms with E-state index in [1.165, 1.54) is 0 Å². The molecule has 4 aromatic rings. The van der Waals surface area contributed by atoms with Crippen LogP contribution < -0.4 is 10.6 Å². The van der Waals surface area contributed by atoms with Crippen molar-refractivity contribution in [3.63, 3.8) is 0 Å². The Hall–Kier alpha value is -5.20. The Morgan fingerprint density at radius 3 is 1.25 bits per heavy atom. The van der Waals surface area contributed by atoms with Crippen molar-refractivity contribution in [2.24, 2.45) is 0 Å². The van der Waals surface area contributed by atoms with Gasteiger partial charge in [0.05, 0.1) is 23.3 Å². The molecule has 0 radical (unpaired) electrons. The number of amides is 2. The van der Waals surface area contributed by atoms with Crippen LogP contribution in [0.5, 0.6) is 0 Å². The molecule has 0 atom stereocenters. The van der Waals surface area contributed by atoms with E-state index >= 15 is 0 Å². The summed E-state index contributed by atoms with van der Waals surface area (Å²) in [6, 6.07) is 28.5. The van der Waals surface area contributed by atoms with E-state index in [0.717, 1.165) is 22.3 Å². The van der Waals surface area contributed by atoms with Crippen LogP contribution in [0.25, 0.3) is 11.1 Å². The van der Waals surface area contributed by atoms with Crippen LogP contribution >= 0.6 is 0 Å². The normalized spacial score (nSPS) is 10.1. The highest BCUT2D eigenvalue weighted by atomic mass is 16.2. The van der Waals surface area contributed by atoms with Gasteiger partial charge in [0.15, 0.2) is 0 Å². The lowest BCUT2D eigenvalue weighted by atomic mass is 9.95. The highest BCUT2D eigenvalue weighted by Gasteiger charge is 2.12. The first kappa shape index (κ1) is 23.9. The van der Waals surface area contributed by atoms with E-state index in [1.54, 1.807) is 48.5 Å². The second-order valence-electron chi connectivity index (χ2n) is 8.35.